The second-order valence-electron chi connectivity index (χ2n) is 4.26. The number of Topliss-reactive ketones (excluding diaryl/α,β-unsaturated/α-hetero) is 1. The highest BCUT2D eigenvalue weighted by molar-refractivity contribution is 8.00. The Bertz CT molecular complexity index is 317. The van der Waals surface area contributed by atoms with Gasteiger partial charge in [-0.1, -0.05) is 39.0 Å². The molecule has 15 heavy (non-hydrogen) atoms. The van der Waals surface area contributed by atoms with Gasteiger partial charge in [-0.2, -0.15) is 0 Å². The Kier molecular flexibility index (Phi) is 4.40. The van der Waals surface area contributed by atoms with Crippen molar-refractivity contribution >= 4 is 17.5 Å². The maximum Gasteiger partial charge on any atom is 0.148 e. The zero-order chi connectivity index (χ0) is 11.3. The van der Waals surface area contributed by atoms with Crippen molar-refractivity contribution in [2.45, 2.75) is 32.1 Å². The zero-order valence-corrected chi connectivity index (χ0v) is 10.4. The normalized spacial score (nSPS) is 11.4. The van der Waals surface area contributed by atoms with E-state index in [4.69, 9.17) is 0 Å². The van der Waals surface area contributed by atoms with Gasteiger partial charge in [-0.05, 0) is 18.6 Å². The molecule has 82 valence electrons. The van der Waals surface area contributed by atoms with E-state index in [1.807, 2.05) is 44.2 Å². The first-order chi connectivity index (χ1) is 7.06. The topological polar surface area (TPSA) is 17.1 Å². The fraction of sp³-hybridized carbons (Fsp3) is 0.462. The van der Waals surface area contributed by atoms with Crippen LogP contribution in [0.4, 0.5) is 0 Å². The van der Waals surface area contributed by atoms with E-state index in [2.05, 4.69) is 6.92 Å². The summed E-state index contributed by atoms with van der Waals surface area (Å²) < 4.78 is 0. The Hall–Kier alpha value is -0.760. The Morgan fingerprint density at radius 1 is 1.27 bits per heavy atom. The molecule has 1 aromatic rings. The van der Waals surface area contributed by atoms with Gasteiger partial charge in [-0.3, -0.25) is 4.79 Å². The van der Waals surface area contributed by atoms with E-state index in [9.17, 15) is 4.79 Å². The van der Waals surface area contributed by atoms with E-state index in [1.165, 1.54) is 0 Å². The molecule has 0 saturated heterocycles. The zero-order valence-electron chi connectivity index (χ0n) is 9.62. The van der Waals surface area contributed by atoms with Crippen LogP contribution < -0.4 is 0 Å². The van der Waals surface area contributed by atoms with Gasteiger partial charge in [0.15, 0.2) is 0 Å². The van der Waals surface area contributed by atoms with E-state index in [0.717, 1.165) is 11.3 Å². The van der Waals surface area contributed by atoms with Crippen LogP contribution in [-0.2, 0) is 4.79 Å². The average Bonchev–Trinajstić information content (AvgIpc) is 2.27. The summed E-state index contributed by atoms with van der Waals surface area (Å²) in [5, 5.41) is 0. The molecule has 0 amide bonds. The van der Waals surface area contributed by atoms with Gasteiger partial charge in [0.1, 0.15) is 5.78 Å². The first-order valence-electron chi connectivity index (χ1n) is 5.27. The predicted molar refractivity (Wildman–Crippen MR) is 66.2 cm³/mol. The van der Waals surface area contributed by atoms with Gasteiger partial charge in [0, 0.05) is 10.3 Å². The molecule has 0 aromatic heterocycles. The third-order valence-corrected chi connectivity index (χ3v) is 3.76. The third kappa shape index (κ3) is 3.71. The van der Waals surface area contributed by atoms with Crippen LogP contribution in [0.5, 0.6) is 0 Å². The molecule has 0 atom stereocenters. The summed E-state index contributed by atoms with van der Waals surface area (Å²) in [6.07, 6.45) is 0.904. The molecule has 0 unspecified atom stereocenters. The average molecular weight is 222 g/mol. The maximum absolute atomic E-state index is 11.8. The SMILES string of the molecule is CCC(C)(C)C(=O)CSc1ccccc1. The minimum absolute atomic E-state index is 0.179. The number of hydrogen-bond acceptors (Lipinski definition) is 2. The van der Waals surface area contributed by atoms with Crippen molar-refractivity contribution in [3.63, 3.8) is 0 Å². The number of rotatable bonds is 5. The summed E-state index contributed by atoms with van der Waals surface area (Å²) in [5.41, 5.74) is -0.179. The molecule has 0 saturated carbocycles. The van der Waals surface area contributed by atoms with E-state index in [-0.39, 0.29) is 5.41 Å². The van der Waals surface area contributed by atoms with Crippen LogP contribution in [0, 0.1) is 5.41 Å². The first kappa shape index (κ1) is 12.3. The lowest BCUT2D eigenvalue weighted by Gasteiger charge is -2.20. The Labute approximate surface area is 96.3 Å². The Morgan fingerprint density at radius 3 is 2.40 bits per heavy atom. The molecule has 0 aliphatic rings. The van der Waals surface area contributed by atoms with Crippen molar-refractivity contribution in [3.8, 4) is 0 Å². The number of benzene rings is 1. The summed E-state index contributed by atoms with van der Waals surface area (Å²) in [4.78, 5) is 13.0. The predicted octanol–water partition coefficient (Wildman–Crippen LogP) is 3.78. The molecule has 1 rings (SSSR count). The molecule has 0 heterocycles. The third-order valence-electron chi connectivity index (χ3n) is 2.75. The molecule has 0 fully saturated rings. The maximum atomic E-state index is 11.8. The van der Waals surface area contributed by atoms with Crippen LogP contribution in [-0.4, -0.2) is 11.5 Å². The number of carbonyl (C=O) groups is 1. The lowest BCUT2D eigenvalue weighted by molar-refractivity contribution is -0.124. The first-order valence-corrected chi connectivity index (χ1v) is 6.26. The van der Waals surface area contributed by atoms with Gasteiger partial charge in [-0.25, -0.2) is 0 Å². The molecule has 0 radical (unpaired) electrons. The molecular formula is C13H18OS. The lowest BCUT2D eigenvalue weighted by atomic mass is 9.86. The van der Waals surface area contributed by atoms with Crippen LogP contribution in [0.1, 0.15) is 27.2 Å². The fourth-order valence-electron chi connectivity index (χ4n) is 1.06. The molecule has 0 aliphatic heterocycles. The largest absolute Gasteiger partial charge is 0.298 e. The van der Waals surface area contributed by atoms with Crippen molar-refractivity contribution in [1.82, 2.24) is 0 Å². The summed E-state index contributed by atoms with van der Waals surface area (Å²) in [6.45, 7) is 6.09. The molecule has 0 N–H and O–H groups in total. The monoisotopic (exact) mass is 222 g/mol. The number of ketones is 1. The van der Waals surface area contributed by atoms with E-state index >= 15 is 0 Å². The molecule has 0 bridgehead atoms. The van der Waals surface area contributed by atoms with Gasteiger partial charge in [0.25, 0.3) is 0 Å². The van der Waals surface area contributed by atoms with Crippen LogP contribution >= 0.6 is 11.8 Å². The molecule has 2 heteroatoms. The number of thioether (sulfide) groups is 1. The Balaban J connectivity index is 2.48. The van der Waals surface area contributed by atoms with Crippen LogP contribution in [0.25, 0.3) is 0 Å². The highest BCUT2D eigenvalue weighted by Gasteiger charge is 2.24. The molecule has 1 nitrogen and oxygen atoms in total. The number of hydrogen-bond donors (Lipinski definition) is 0. The van der Waals surface area contributed by atoms with Crippen molar-refractivity contribution in [2.75, 3.05) is 5.75 Å². The summed E-state index contributed by atoms with van der Waals surface area (Å²) >= 11 is 1.62. The van der Waals surface area contributed by atoms with Gasteiger partial charge in [-0.15, -0.1) is 11.8 Å². The summed E-state index contributed by atoms with van der Waals surface area (Å²) in [6, 6.07) is 10.1. The number of carbonyl (C=O) groups excluding carboxylic acids is 1. The van der Waals surface area contributed by atoms with Crippen LogP contribution in [0.15, 0.2) is 35.2 Å². The second-order valence-corrected chi connectivity index (χ2v) is 5.31. The van der Waals surface area contributed by atoms with E-state index in [1.54, 1.807) is 11.8 Å². The standard InChI is InChI=1S/C13H18OS/c1-4-13(2,3)12(14)10-15-11-8-6-5-7-9-11/h5-9H,4,10H2,1-3H3. The van der Waals surface area contributed by atoms with Crippen molar-refractivity contribution in [1.29, 1.82) is 0 Å². The van der Waals surface area contributed by atoms with Crippen molar-refractivity contribution in [2.24, 2.45) is 5.41 Å². The summed E-state index contributed by atoms with van der Waals surface area (Å²) in [5.74, 6) is 0.907. The highest BCUT2D eigenvalue weighted by Crippen LogP contribution is 2.25. The quantitative estimate of drug-likeness (QED) is 0.705. The molecule has 1 aromatic carbocycles. The van der Waals surface area contributed by atoms with Gasteiger partial charge >= 0.3 is 0 Å². The van der Waals surface area contributed by atoms with E-state index in [0.29, 0.717) is 11.5 Å². The lowest BCUT2D eigenvalue weighted by Crippen LogP contribution is -2.24. The fourth-order valence-corrected chi connectivity index (χ4v) is 2.10. The minimum Gasteiger partial charge on any atom is -0.298 e. The van der Waals surface area contributed by atoms with Crippen molar-refractivity contribution in [3.05, 3.63) is 30.3 Å². The van der Waals surface area contributed by atoms with Crippen LogP contribution in [0.2, 0.25) is 0 Å². The highest BCUT2D eigenvalue weighted by atomic mass is 32.2. The van der Waals surface area contributed by atoms with Gasteiger partial charge < -0.3 is 0 Å². The smallest absolute Gasteiger partial charge is 0.148 e. The molecular weight excluding hydrogens is 204 g/mol. The minimum atomic E-state index is -0.179. The van der Waals surface area contributed by atoms with Crippen molar-refractivity contribution < 1.29 is 4.79 Å². The summed E-state index contributed by atoms with van der Waals surface area (Å²) in [7, 11) is 0. The van der Waals surface area contributed by atoms with Gasteiger partial charge in [0.2, 0.25) is 0 Å². The second kappa shape index (κ2) is 5.36. The Morgan fingerprint density at radius 2 is 1.87 bits per heavy atom. The van der Waals surface area contributed by atoms with Gasteiger partial charge in [0.05, 0.1) is 5.75 Å². The molecule has 0 spiro atoms. The van der Waals surface area contributed by atoms with Crippen LogP contribution in [0.3, 0.4) is 0 Å². The van der Waals surface area contributed by atoms with E-state index < -0.39 is 0 Å². The molecule has 0 aliphatic carbocycles.